The minimum Gasteiger partial charge on any atom is -0.417 e. The molecule has 0 aromatic rings. The molecule has 0 aromatic heterocycles. The van der Waals surface area contributed by atoms with Gasteiger partial charge in [-0.1, -0.05) is 103 Å². The summed E-state index contributed by atoms with van der Waals surface area (Å²) in [7, 11) is -5.76. The summed E-state index contributed by atoms with van der Waals surface area (Å²) in [5.74, 6) is 7.37. The fraction of sp³-hybridized carbons (Fsp3) is 0.850. The number of aliphatic hydroxyl groups excluding tert-OH is 1. The molecule has 1 rings (SSSR count). The first-order valence-corrected chi connectivity index (χ1v) is 28.3. The molecular weight excluding hydrogens is 709 g/mol. The Morgan fingerprint density at radius 1 is 0.896 bits per heavy atom. The van der Waals surface area contributed by atoms with Crippen LogP contribution in [0.3, 0.4) is 0 Å². The Labute approximate surface area is 310 Å². The second-order valence-corrected chi connectivity index (χ2v) is 34.5. The summed E-state index contributed by atoms with van der Waals surface area (Å²) < 4.78 is 21.9. The van der Waals surface area contributed by atoms with Crippen molar-refractivity contribution < 1.29 is 18.4 Å². The van der Waals surface area contributed by atoms with Gasteiger partial charge in [0.2, 0.25) is 0 Å². The third-order valence-electron chi connectivity index (χ3n) is 12.1. The van der Waals surface area contributed by atoms with Crippen LogP contribution in [0.15, 0.2) is 22.7 Å². The van der Waals surface area contributed by atoms with E-state index in [0.29, 0.717) is 0 Å². The largest absolute Gasteiger partial charge is 0.417 e. The maximum Gasteiger partial charge on any atom is 0.192 e. The summed E-state index contributed by atoms with van der Waals surface area (Å²) in [6, 6.07) is 0. The van der Waals surface area contributed by atoms with Crippen molar-refractivity contribution in [1.29, 1.82) is 0 Å². The highest BCUT2D eigenvalue weighted by molar-refractivity contribution is 9.11. The van der Waals surface area contributed by atoms with Crippen molar-refractivity contribution in [3.8, 4) is 11.8 Å². The average molecular weight is 786 g/mol. The molecule has 2 unspecified atom stereocenters. The Hall–Kier alpha value is 0.0106. The lowest BCUT2D eigenvalue weighted by atomic mass is 9.85. The van der Waals surface area contributed by atoms with Crippen LogP contribution in [0.1, 0.15) is 115 Å². The van der Waals surface area contributed by atoms with Crippen LogP contribution < -0.4 is 0 Å². The first kappa shape index (κ1) is 46.0. The van der Waals surface area contributed by atoms with Gasteiger partial charge < -0.3 is 18.4 Å². The summed E-state index contributed by atoms with van der Waals surface area (Å²) in [4.78, 5) is 0. The second-order valence-electron chi connectivity index (χ2n) is 19.1. The monoisotopic (exact) mass is 784 g/mol. The molecule has 0 bridgehead atoms. The van der Waals surface area contributed by atoms with E-state index in [9.17, 15) is 5.11 Å². The van der Waals surface area contributed by atoms with Gasteiger partial charge >= 0.3 is 0 Å². The van der Waals surface area contributed by atoms with Crippen molar-refractivity contribution in [2.75, 3.05) is 13.2 Å². The lowest BCUT2D eigenvalue weighted by Gasteiger charge is -2.41. The Bertz CT molecular complexity index is 1100. The molecule has 0 spiro atoms. The van der Waals surface area contributed by atoms with Crippen LogP contribution in [0, 0.1) is 35.5 Å². The predicted molar refractivity (Wildman–Crippen MR) is 221 cm³/mol. The predicted octanol–water partition coefficient (Wildman–Crippen LogP) is 12.5. The van der Waals surface area contributed by atoms with E-state index in [0.717, 1.165) is 45.1 Å². The van der Waals surface area contributed by atoms with Crippen LogP contribution in [0.2, 0.25) is 54.4 Å². The van der Waals surface area contributed by atoms with E-state index in [4.69, 9.17) is 13.3 Å². The highest BCUT2D eigenvalue weighted by Gasteiger charge is 2.48. The van der Waals surface area contributed by atoms with Crippen LogP contribution in [-0.4, -0.2) is 55.5 Å². The summed E-state index contributed by atoms with van der Waals surface area (Å²) in [5.41, 5.74) is 0. The quantitative estimate of drug-likeness (QED) is 0.0690. The zero-order valence-electron chi connectivity index (χ0n) is 34.4. The van der Waals surface area contributed by atoms with Gasteiger partial charge in [-0.2, -0.15) is 0 Å². The number of hydrogen-bond donors (Lipinski definition) is 1. The molecule has 4 nitrogen and oxygen atoms in total. The second kappa shape index (κ2) is 18.7. The van der Waals surface area contributed by atoms with E-state index < -0.39 is 25.0 Å². The minimum absolute atomic E-state index is 0.0124. The average Bonchev–Trinajstić information content (AvgIpc) is 3.24. The summed E-state index contributed by atoms with van der Waals surface area (Å²) in [6.07, 6.45) is 13.0. The van der Waals surface area contributed by atoms with Crippen molar-refractivity contribution in [3.63, 3.8) is 0 Å². The number of hydrogen-bond acceptors (Lipinski definition) is 4. The zero-order chi connectivity index (χ0) is 37.4. The number of halogens is 1. The number of aliphatic hydroxyl groups is 1. The van der Waals surface area contributed by atoms with Gasteiger partial charge in [-0.05, 0) is 116 Å². The highest BCUT2D eigenvalue weighted by Crippen LogP contribution is 2.48. The van der Waals surface area contributed by atoms with Crippen molar-refractivity contribution in [2.24, 2.45) is 23.7 Å². The Balaban J connectivity index is 3.33. The van der Waals surface area contributed by atoms with Crippen molar-refractivity contribution in [3.05, 3.63) is 22.7 Å². The van der Waals surface area contributed by atoms with E-state index in [1.807, 2.05) is 6.92 Å². The van der Waals surface area contributed by atoms with Crippen molar-refractivity contribution in [2.45, 2.75) is 181 Å². The number of rotatable bonds is 17. The van der Waals surface area contributed by atoms with E-state index in [1.165, 1.54) is 4.48 Å². The molecule has 8 heteroatoms. The molecule has 6 atom stereocenters. The van der Waals surface area contributed by atoms with Gasteiger partial charge in [-0.3, -0.25) is 0 Å². The molecule has 1 fully saturated rings. The normalized spacial score (nSPS) is 23.4. The first-order chi connectivity index (χ1) is 21.7. The van der Waals surface area contributed by atoms with Gasteiger partial charge in [0.1, 0.15) is 0 Å². The molecule has 0 saturated heterocycles. The summed E-state index contributed by atoms with van der Waals surface area (Å²) in [5, 5.41) is 11.2. The molecule has 0 amide bonds. The highest BCUT2D eigenvalue weighted by atomic mass is 79.9. The molecular formula is C40H77BrO4Si3. The van der Waals surface area contributed by atoms with Crippen molar-refractivity contribution in [1.82, 2.24) is 0 Å². The van der Waals surface area contributed by atoms with Crippen LogP contribution >= 0.6 is 15.9 Å². The lowest BCUT2D eigenvalue weighted by molar-refractivity contribution is 0.144. The molecule has 1 aliphatic rings. The van der Waals surface area contributed by atoms with Gasteiger partial charge in [0, 0.05) is 25.6 Å². The van der Waals surface area contributed by atoms with Gasteiger partial charge in [0.15, 0.2) is 25.0 Å². The van der Waals surface area contributed by atoms with Crippen LogP contribution in [-0.2, 0) is 13.3 Å². The van der Waals surface area contributed by atoms with E-state index in [-0.39, 0.29) is 57.6 Å². The van der Waals surface area contributed by atoms with Gasteiger partial charge in [0.25, 0.3) is 0 Å². The molecule has 1 N–H and O–H groups in total. The molecule has 0 aliphatic heterocycles. The Morgan fingerprint density at radius 3 is 1.96 bits per heavy atom. The van der Waals surface area contributed by atoms with E-state index in [1.54, 1.807) is 0 Å². The fourth-order valence-electron chi connectivity index (χ4n) is 5.52. The summed E-state index contributed by atoms with van der Waals surface area (Å²) >= 11 is 3.97. The van der Waals surface area contributed by atoms with Crippen LogP contribution in [0.25, 0.3) is 0 Å². The smallest absolute Gasteiger partial charge is 0.192 e. The number of allylic oxidation sites excluding steroid dienone is 2. The maximum atomic E-state index is 10.7. The molecule has 0 radical (unpaired) electrons. The Kier molecular flexibility index (Phi) is 17.9. The molecule has 0 aromatic carbocycles. The fourth-order valence-corrected chi connectivity index (χ4v) is 9.92. The molecule has 1 aliphatic carbocycles. The summed E-state index contributed by atoms with van der Waals surface area (Å²) in [6.45, 7) is 40.1. The van der Waals surface area contributed by atoms with Crippen molar-refractivity contribution >= 4 is 40.9 Å². The SMILES string of the molecule is CC#CCC(C)[C@@H](/C=C/[C@H]1[C@H](O[Si](C)(C)C(C)(C)C)CC(CO)[C@@H]1C/C(Br)=C/CCCCO[Si](C)(C)C(C)(C)C)O[Si](C)(C)C(C)(C)C. The van der Waals surface area contributed by atoms with Gasteiger partial charge in [0.05, 0.1) is 12.2 Å². The van der Waals surface area contributed by atoms with Crippen LogP contribution in [0.4, 0.5) is 0 Å². The molecule has 0 heterocycles. The van der Waals surface area contributed by atoms with Gasteiger partial charge in [-0.25, -0.2) is 0 Å². The minimum atomic E-state index is -2.04. The third-order valence-corrected chi connectivity index (χ3v) is 26.3. The third kappa shape index (κ3) is 13.9. The van der Waals surface area contributed by atoms with E-state index in [2.05, 4.69) is 155 Å². The maximum absolute atomic E-state index is 10.7. The van der Waals surface area contributed by atoms with Gasteiger partial charge in [-0.15, -0.1) is 11.8 Å². The molecule has 48 heavy (non-hydrogen) atoms. The van der Waals surface area contributed by atoms with Crippen LogP contribution in [0.5, 0.6) is 0 Å². The van der Waals surface area contributed by atoms with E-state index >= 15 is 0 Å². The first-order valence-electron chi connectivity index (χ1n) is 18.7. The molecule has 1 saturated carbocycles. The topological polar surface area (TPSA) is 47.9 Å². The molecule has 280 valence electrons. The Morgan fingerprint density at radius 2 is 1.46 bits per heavy atom. The zero-order valence-corrected chi connectivity index (χ0v) is 39.0. The standard InChI is InChI=1S/C40H77BrO4Si3/c1-18-19-23-31(2)36(44-47(14,15)39(6,7)8)26-25-34-35(32(30-42)28-37(34)45-48(16,17)40(9,10)11)29-33(41)24-21-20-22-27-43-46(12,13)38(3,4)5/h24-26,31-32,34-37,42H,20-23,27-30H2,1-17H3/b26-25+,33-24-/t31?,32?,34-,35+,36-,37-/m1/s1. The number of unbranched alkanes of at least 4 members (excludes halogenated alkanes) is 2. The lowest BCUT2D eigenvalue weighted by Crippen LogP contribution is -2.45.